The van der Waals surface area contributed by atoms with E-state index in [1.165, 1.54) is 31.5 Å². The van der Waals surface area contributed by atoms with Crippen molar-refractivity contribution in [3.05, 3.63) is 65.4 Å². The molecule has 1 amide bonds. The maximum absolute atomic E-state index is 12.4. The largest absolute Gasteiger partial charge is 0.347 e. The van der Waals surface area contributed by atoms with E-state index >= 15 is 0 Å². The molecule has 25 heavy (non-hydrogen) atoms. The van der Waals surface area contributed by atoms with E-state index in [2.05, 4.69) is 44.7 Å². The highest BCUT2D eigenvalue weighted by molar-refractivity contribution is 6.04. The topological polar surface area (TPSA) is 61.0 Å². The fraction of sp³-hybridized carbons (Fsp3) is 0.300. The first-order valence-electron chi connectivity index (χ1n) is 8.81. The van der Waals surface area contributed by atoms with E-state index in [0.717, 1.165) is 23.0 Å². The van der Waals surface area contributed by atoms with Gasteiger partial charge in [-0.25, -0.2) is 0 Å². The number of carbonyl (C=O) groups excluding carboxylic acids is 1. The van der Waals surface area contributed by atoms with Gasteiger partial charge in [-0.1, -0.05) is 42.5 Å². The minimum atomic E-state index is -0.154. The molecule has 3 aromatic rings. The number of carbonyl (C=O) groups is 1. The molecule has 1 fully saturated rings. The number of H-pyrrole nitrogens is 1. The summed E-state index contributed by atoms with van der Waals surface area (Å²) in [6.45, 7) is 3.93. The SMILES string of the molecule is O=C(NCc1ccc(CN2CCCC2)cc1)c1n[nH]c2ccccc12. The van der Waals surface area contributed by atoms with E-state index in [4.69, 9.17) is 0 Å². The van der Waals surface area contributed by atoms with Crippen molar-refractivity contribution < 1.29 is 4.79 Å². The summed E-state index contributed by atoms with van der Waals surface area (Å²) in [7, 11) is 0. The number of amides is 1. The fourth-order valence-corrected chi connectivity index (χ4v) is 3.36. The zero-order chi connectivity index (χ0) is 17.1. The van der Waals surface area contributed by atoms with E-state index in [1.807, 2.05) is 24.3 Å². The number of aromatic nitrogens is 2. The van der Waals surface area contributed by atoms with Crippen LogP contribution in [0.4, 0.5) is 0 Å². The zero-order valence-corrected chi connectivity index (χ0v) is 14.2. The van der Waals surface area contributed by atoms with Crippen molar-refractivity contribution in [2.45, 2.75) is 25.9 Å². The van der Waals surface area contributed by atoms with Gasteiger partial charge in [-0.15, -0.1) is 0 Å². The Hall–Kier alpha value is -2.66. The van der Waals surface area contributed by atoms with Crippen LogP contribution < -0.4 is 5.32 Å². The Bertz CT molecular complexity index is 863. The molecule has 2 N–H and O–H groups in total. The van der Waals surface area contributed by atoms with E-state index in [9.17, 15) is 4.79 Å². The first-order valence-corrected chi connectivity index (χ1v) is 8.81. The van der Waals surface area contributed by atoms with E-state index in [1.54, 1.807) is 0 Å². The van der Waals surface area contributed by atoms with E-state index in [-0.39, 0.29) is 5.91 Å². The Balaban J connectivity index is 1.36. The van der Waals surface area contributed by atoms with Crippen LogP contribution in [-0.4, -0.2) is 34.1 Å². The second-order valence-corrected chi connectivity index (χ2v) is 6.60. The van der Waals surface area contributed by atoms with Crippen LogP contribution in [0.25, 0.3) is 10.9 Å². The highest BCUT2D eigenvalue weighted by atomic mass is 16.1. The molecule has 0 unspecified atom stereocenters. The average Bonchev–Trinajstić information content (AvgIpc) is 3.30. The van der Waals surface area contributed by atoms with Gasteiger partial charge in [0.15, 0.2) is 5.69 Å². The number of nitrogens with zero attached hydrogens (tertiary/aromatic N) is 2. The second-order valence-electron chi connectivity index (χ2n) is 6.60. The maximum atomic E-state index is 12.4. The van der Waals surface area contributed by atoms with Crippen molar-refractivity contribution in [2.24, 2.45) is 0 Å². The molecule has 1 aliphatic rings. The molecule has 128 valence electrons. The lowest BCUT2D eigenvalue weighted by Gasteiger charge is -2.14. The van der Waals surface area contributed by atoms with Crippen molar-refractivity contribution in [3.63, 3.8) is 0 Å². The van der Waals surface area contributed by atoms with Crippen LogP contribution >= 0.6 is 0 Å². The summed E-state index contributed by atoms with van der Waals surface area (Å²) in [4.78, 5) is 14.9. The first-order chi connectivity index (χ1) is 12.3. The minimum Gasteiger partial charge on any atom is -0.347 e. The predicted molar refractivity (Wildman–Crippen MR) is 98.2 cm³/mol. The number of para-hydroxylation sites is 1. The first kappa shape index (κ1) is 15.8. The smallest absolute Gasteiger partial charge is 0.272 e. The monoisotopic (exact) mass is 334 g/mol. The summed E-state index contributed by atoms with van der Waals surface area (Å²) in [5.74, 6) is -0.154. The van der Waals surface area contributed by atoms with Crippen molar-refractivity contribution in [2.75, 3.05) is 13.1 Å². The van der Waals surface area contributed by atoms with Gasteiger partial charge in [0.25, 0.3) is 5.91 Å². The molecular weight excluding hydrogens is 312 g/mol. The lowest BCUT2D eigenvalue weighted by Crippen LogP contribution is -2.23. The van der Waals surface area contributed by atoms with Gasteiger partial charge >= 0.3 is 0 Å². The van der Waals surface area contributed by atoms with Crippen LogP contribution in [0.2, 0.25) is 0 Å². The lowest BCUT2D eigenvalue weighted by atomic mass is 10.1. The van der Waals surface area contributed by atoms with Crippen LogP contribution in [0.5, 0.6) is 0 Å². The van der Waals surface area contributed by atoms with Crippen molar-refractivity contribution in [1.82, 2.24) is 20.4 Å². The normalized spacial score (nSPS) is 14.9. The summed E-state index contributed by atoms with van der Waals surface area (Å²) in [6.07, 6.45) is 2.62. The highest BCUT2D eigenvalue weighted by Gasteiger charge is 2.14. The number of rotatable bonds is 5. The number of hydrogen-bond donors (Lipinski definition) is 2. The molecule has 1 saturated heterocycles. The Morgan fingerprint density at radius 1 is 1.04 bits per heavy atom. The van der Waals surface area contributed by atoms with Gasteiger partial charge in [-0.3, -0.25) is 14.8 Å². The summed E-state index contributed by atoms with van der Waals surface area (Å²) >= 11 is 0. The third-order valence-electron chi connectivity index (χ3n) is 4.77. The average molecular weight is 334 g/mol. The van der Waals surface area contributed by atoms with Crippen LogP contribution in [0.15, 0.2) is 48.5 Å². The Morgan fingerprint density at radius 2 is 1.76 bits per heavy atom. The van der Waals surface area contributed by atoms with Gasteiger partial charge in [-0.05, 0) is 43.1 Å². The number of likely N-dealkylation sites (tertiary alicyclic amines) is 1. The molecule has 0 bridgehead atoms. The van der Waals surface area contributed by atoms with E-state index in [0.29, 0.717) is 12.2 Å². The van der Waals surface area contributed by atoms with Crippen LogP contribution in [0, 0.1) is 0 Å². The van der Waals surface area contributed by atoms with Crippen molar-refractivity contribution >= 4 is 16.8 Å². The predicted octanol–water partition coefficient (Wildman–Crippen LogP) is 3.09. The Labute approximate surface area is 147 Å². The molecule has 0 saturated carbocycles. The molecule has 0 spiro atoms. The van der Waals surface area contributed by atoms with Gasteiger partial charge in [0.05, 0.1) is 5.52 Å². The molecule has 2 heterocycles. The Morgan fingerprint density at radius 3 is 2.56 bits per heavy atom. The number of benzene rings is 2. The summed E-state index contributed by atoms with van der Waals surface area (Å²) in [5, 5.41) is 10.8. The van der Waals surface area contributed by atoms with Crippen molar-refractivity contribution in [1.29, 1.82) is 0 Å². The summed E-state index contributed by atoms with van der Waals surface area (Å²) < 4.78 is 0. The standard InChI is InChI=1S/C20H22N4O/c25-20(19-17-5-1-2-6-18(17)22-23-19)21-13-15-7-9-16(10-8-15)14-24-11-3-4-12-24/h1-2,5-10H,3-4,11-14H2,(H,21,25)(H,22,23). The maximum Gasteiger partial charge on any atom is 0.272 e. The second kappa shape index (κ2) is 7.07. The molecule has 5 heteroatoms. The molecule has 1 aromatic heterocycles. The molecule has 0 atom stereocenters. The van der Waals surface area contributed by atoms with E-state index < -0.39 is 0 Å². The summed E-state index contributed by atoms with van der Waals surface area (Å²) in [6, 6.07) is 16.1. The van der Waals surface area contributed by atoms with Gasteiger partial charge in [0, 0.05) is 18.5 Å². The number of fused-ring (bicyclic) bond motifs is 1. The number of hydrogen-bond acceptors (Lipinski definition) is 3. The van der Waals surface area contributed by atoms with Gasteiger partial charge in [0.2, 0.25) is 0 Å². The third-order valence-corrected chi connectivity index (χ3v) is 4.77. The number of aromatic amines is 1. The molecular formula is C20H22N4O. The van der Waals surface area contributed by atoms with Gasteiger partial charge in [0.1, 0.15) is 0 Å². The minimum absolute atomic E-state index is 0.154. The zero-order valence-electron chi connectivity index (χ0n) is 14.2. The van der Waals surface area contributed by atoms with Crippen LogP contribution in [0.1, 0.15) is 34.5 Å². The Kier molecular flexibility index (Phi) is 4.48. The summed E-state index contributed by atoms with van der Waals surface area (Å²) in [5.41, 5.74) is 3.74. The quantitative estimate of drug-likeness (QED) is 0.754. The van der Waals surface area contributed by atoms with Crippen molar-refractivity contribution in [3.8, 4) is 0 Å². The van der Waals surface area contributed by atoms with Gasteiger partial charge < -0.3 is 5.32 Å². The van der Waals surface area contributed by atoms with Crippen LogP contribution in [-0.2, 0) is 13.1 Å². The molecule has 2 aromatic carbocycles. The third kappa shape index (κ3) is 3.56. The molecule has 4 rings (SSSR count). The molecule has 1 aliphatic heterocycles. The van der Waals surface area contributed by atoms with Gasteiger partial charge in [-0.2, -0.15) is 5.10 Å². The fourth-order valence-electron chi connectivity index (χ4n) is 3.36. The highest BCUT2D eigenvalue weighted by Crippen LogP contribution is 2.16. The number of nitrogens with one attached hydrogen (secondary N) is 2. The lowest BCUT2D eigenvalue weighted by molar-refractivity contribution is 0.0947. The van der Waals surface area contributed by atoms with Crippen LogP contribution in [0.3, 0.4) is 0 Å². The molecule has 0 aliphatic carbocycles. The molecule has 5 nitrogen and oxygen atoms in total. The molecule has 0 radical (unpaired) electrons.